The summed E-state index contributed by atoms with van der Waals surface area (Å²) in [5.74, 6) is -2.15. The van der Waals surface area contributed by atoms with Gasteiger partial charge in [-0.1, -0.05) is 12.1 Å². The van der Waals surface area contributed by atoms with Gasteiger partial charge in [-0.3, -0.25) is 0 Å². The Labute approximate surface area is 120 Å². The fourth-order valence-corrected chi connectivity index (χ4v) is 2.77. The number of benzene rings is 2. The average molecular weight is 284 g/mol. The van der Waals surface area contributed by atoms with E-state index in [1.165, 1.54) is 31.2 Å². The molecule has 0 bridgehead atoms. The van der Waals surface area contributed by atoms with Crippen LogP contribution in [0.15, 0.2) is 36.4 Å². The van der Waals surface area contributed by atoms with Crippen molar-refractivity contribution in [3.05, 3.63) is 58.7 Å². The second-order valence-corrected chi connectivity index (χ2v) is 5.20. The normalized spacial score (nSPS) is 14.4. The molecule has 0 radical (unpaired) electrons. The lowest BCUT2D eigenvalue weighted by molar-refractivity contribution is 0.0686. The maximum absolute atomic E-state index is 11.1. The van der Waals surface area contributed by atoms with E-state index in [-0.39, 0.29) is 11.1 Å². The molecule has 0 aliphatic heterocycles. The largest absolute Gasteiger partial charge is 0.478 e. The molecule has 0 unspecified atom stereocenters. The molecule has 0 atom stereocenters. The van der Waals surface area contributed by atoms with Crippen LogP contribution < -0.4 is 0 Å². The molecule has 0 amide bonds. The van der Waals surface area contributed by atoms with E-state index in [0.29, 0.717) is 11.1 Å². The maximum atomic E-state index is 11.1. The van der Waals surface area contributed by atoms with Crippen molar-refractivity contribution >= 4 is 11.9 Å². The number of hydrogen-bond acceptors (Lipinski definition) is 3. The minimum atomic E-state index is -1.42. The van der Waals surface area contributed by atoms with Gasteiger partial charge in [0.05, 0.1) is 11.1 Å². The van der Waals surface area contributed by atoms with Gasteiger partial charge in [-0.05, 0) is 53.4 Å². The van der Waals surface area contributed by atoms with Gasteiger partial charge in [0.1, 0.15) is 5.60 Å². The molecule has 0 saturated carbocycles. The number of carboxylic acids is 2. The van der Waals surface area contributed by atoms with Gasteiger partial charge in [0.2, 0.25) is 0 Å². The highest BCUT2D eigenvalue weighted by atomic mass is 16.4. The Bertz CT molecular complexity index is 724. The molecular formula is C16H12O5. The fourth-order valence-electron chi connectivity index (χ4n) is 2.77. The van der Waals surface area contributed by atoms with Crippen molar-refractivity contribution in [1.82, 2.24) is 0 Å². The average Bonchev–Trinajstić information content (AvgIpc) is 2.67. The summed E-state index contributed by atoms with van der Waals surface area (Å²) in [6.45, 7) is 1.54. The van der Waals surface area contributed by atoms with E-state index in [4.69, 9.17) is 10.2 Å². The molecule has 0 saturated heterocycles. The Hall–Kier alpha value is -2.66. The van der Waals surface area contributed by atoms with E-state index in [9.17, 15) is 14.7 Å². The standard InChI is InChI=1S/C16H12O5/c1-16(21)12-6-8(14(17)18)2-4-10(12)11-5-3-9(15(19)20)7-13(11)16/h2-7,21H,1H3,(H,17,18)(H,19,20). The highest BCUT2D eigenvalue weighted by Crippen LogP contribution is 2.47. The third-order valence-corrected chi connectivity index (χ3v) is 3.87. The van der Waals surface area contributed by atoms with Crippen LogP contribution in [0.3, 0.4) is 0 Å². The topological polar surface area (TPSA) is 94.8 Å². The molecular weight excluding hydrogens is 272 g/mol. The van der Waals surface area contributed by atoms with Crippen molar-refractivity contribution < 1.29 is 24.9 Å². The third kappa shape index (κ3) is 1.82. The SMILES string of the molecule is CC1(O)c2cc(C(=O)O)ccc2-c2ccc(C(=O)O)cc21. The number of carboxylic acid groups (broad SMARTS) is 2. The van der Waals surface area contributed by atoms with Crippen molar-refractivity contribution in [3.8, 4) is 11.1 Å². The second-order valence-electron chi connectivity index (χ2n) is 5.20. The Morgan fingerprint density at radius 1 is 0.857 bits per heavy atom. The molecule has 2 aromatic rings. The minimum Gasteiger partial charge on any atom is -0.478 e. The molecule has 0 spiro atoms. The molecule has 5 heteroatoms. The summed E-state index contributed by atoms with van der Waals surface area (Å²) < 4.78 is 0. The zero-order valence-corrected chi connectivity index (χ0v) is 11.1. The van der Waals surface area contributed by atoms with E-state index in [1.807, 2.05) is 0 Å². The molecule has 5 nitrogen and oxygen atoms in total. The predicted octanol–water partition coefficient (Wildman–Crippen LogP) is 2.32. The van der Waals surface area contributed by atoms with Crippen LogP contribution in [0.25, 0.3) is 11.1 Å². The van der Waals surface area contributed by atoms with E-state index < -0.39 is 17.5 Å². The molecule has 0 heterocycles. The van der Waals surface area contributed by atoms with Gasteiger partial charge in [-0.2, -0.15) is 0 Å². The molecule has 0 fully saturated rings. The van der Waals surface area contributed by atoms with Gasteiger partial charge < -0.3 is 15.3 Å². The van der Waals surface area contributed by atoms with Gasteiger partial charge in [0.15, 0.2) is 0 Å². The van der Waals surface area contributed by atoms with Crippen LogP contribution in [0.2, 0.25) is 0 Å². The minimum absolute atomic E-state index is 0.0836. The molecule has 3 N–H and O–H groups in total. The zero-order chi connectivity index (χ0) is 15.4. The lowest BCUT2D eigenvalue weighted by Gasteiger charge is -2.20. The van der Waals surface area contributed by atoms with E-state index in [0.717, 1.165) is 11.1 Å². The lowest BCUT2D eigenvalue weighted by Crippen LogP contribution is -2.20. The monoisotopic (exact) mass is 284 g/mol. The summed E-state index contributed by atoms with van der Waals surface area (Å²) in [4.78, 5) is 22.1. The molecule has 21 heavy (non-hydrogen) atoms. The summed E-state index contributed by atoms with van der Waals surface area (Å²) >= 11 is 0. The van der Waals surface area contributed by atoms with Crippen LogP contribution in [0.4, 0.5) is 0 Å². The van der Waals surface area contributed by atoms with Crippen LogP contribution in [-0.2, 0) is 5.60 Å². The third-order valence-electron chi connectivity index (χ3n) is 3.87. The van der Waals surface area contributed by atoms with Crippen molar-refractivity contribution in [3.63, 3.8) is 0 Å². The van der Waals surface area contributed by atoms with Crippen molar-refractivity contribution in [1.29, 1.82) is 0 Å². The Morgan fingerprint density at radius 2 is 1.24 bits per heavy atom. The lowest BCUT2D eigenvalue weighted by atomic mass is 9.92. The molecule has 106 valence electrons. The van der Waals surface area contributed by atoms with Crippen LogP contribution in [0, 0.1) is 0 Å². The van der Waals surface area contributed by atoms with Crippen molar-refractivity contribution in [2.75, 3.05) is 0 Å². The van der Waals surface area contributed by atoms with Gasteiger partial charge in [0, 0.05) is 0 Å². The van der Waals surface area contributed by atoms with E-state index >= 15 is 0 Å². The van der Waals surface area contributed by atoms with E-state index in [2.05, 4.69) is 0 Å². The summed E-state index contributed by atoms with van der Waals surface area (Å²) in [5.41, 5.74) is 1.14. The fraction of sp³-hybridized carbons (Fsp3) is 0.125. The summed E-state index contributed by atoms with van der Waals surface area (Å²) in [5, 5.41) is 28.8. The smallest absolute Gasteiger partial charge is 0.335 e. The summed E-state index contributed by atoms with van der Waals surface area (Å²) in [6, 6.07) is 9.07. The molecule has 1 aliphatic carbocycles. The summed E-state index contributed by atoms with van der Waals surface area (Å²) in [7, 11) is 0. The highest BCUT2D eigenvalue weighted by molar-refractivity contribution is 5.93. The molecule has 0 aromatic heterocycles. The Balaban J connectivity index is 2.26. The first kappa shape index (κ1) is 13.3. The van der Waals surface area contributed by atoms with Gasteiger partial charge in [0.25, 0.3) is 0 Å². The second kappa shape index (κ2) is 4.17. The highest BCUT2D eigenvalue weighted by Gasteiger charge is 2.38. The van der Waals surface area contributed by atoms with Gasteiger partial charge in [-0.15, -0.1) is 0 Å². The van der Waals surface area contributed by atoms with Crippen molar-refractivity contribution in [2.24, 2.45) is 0 Å². The number of aromatic carboxylic acids is 2. The quantitative estimate of drug-likeness (QED) is 0.786. The van der Waals surface area contributed by atoms with E-state index in [1.54, 1.807) is 12.1 Å². The molecule has 1 aliphatic rings. The van der Waals surface area contributed by atoms with Crippen LogP contribution in [0.5, 0.6) is 0 Å². The number of fused-ring (bicyclic) bond motifs is 3. The number of carbonyl (C=O) groups is 2. The zero-order valence-electron chi connectivity index (χ0n) is 11.1. The predicted molar refractivity (Wildman–Crippen MR) is 74.5 cm³/mol. The molecule has 2 aromatic carbocycles. The molecule has 3 rings (SSSR count). The van der Waals surface area contributed by atoms with Gasteiger partial charge in [-0.25, -0.2) is 9.59 Å². The summed E-state index contributed by atoms with van der Waals surface area (Å²) in [6.07, 6.45) is 0. The number of hydrogen-bond donors (Lipinski definition) is 3. The number of aliphatic hydroxyl groups is 1. The van der Waals surface area contributed by atoms with Crippen LogP contribution in [-0.4, -0.2) is 27.3 Å². The van der Waals surface area contributed by atoms with Crippen LogP contribution in [0.1, 0.15) is 38.8 Å². The Morgan fingerprint density at radius 3 is 1.57 bits per heavy atom. The number of rotatable bonds is 2. The van der Waals surface area contributed by atoms with Gasteiger partial charge >= 0.3 is 11.9 Å². The first-order chi connectivity index (χ1) is 9.82. The van der Waals surface area contributed by atoms with Crippen LogP contribution >= 0.6 is 0 Å². The first-order valence-electron chi connectivity index (χ1n) is 6.31. The van der Waals surface area contributed by atoms with Crippen molar-refractivity contribution in [2.45, 2.75) is 12.5 Å². The first-order valence-corrected chi connectivity index (χ1v) is 6.31. The maximum Gasteiger partial charge on any atom is 0.335 e. The Kier molecular flexibility index (Phi) is 2.64.